The van der Waals surface area contributed by atoms with Crippen LogP contribution in [0.15, 0.2) is 28.7 Å². The van der Waals surface area contributed by atoms with Crippen molar-refractivity contribution >= 4 is 21.7 Å². The van der Waals surface area contributed by atoms with Gasteiger partial charge in [0.25, 0.3) is 0 Å². The normalized spacial score (nSPS) is 12.7. The predicted molar refractivity (Wildman–Crippen MR) is 84.7 cm³/mol. The van der Waals surface area contributed by atoms with Crippen molar-refractivity contribution < 1.29 is 4.79 Å². The molecule has 0 fully saturated rings. The minimum Gasteiger partial charge on any atom is -0.293 e. The fourth-order valence-electron chi connectivity index (χ4n) is 2.03. The van der Waals surface area contributed by atoms with E-state index in [1.165, 1.54) is 0 Å². The standard InChI is InChI=1S/C16H24BrNO/c1-4-6-11-18(13(3)5-2)12-16(19)14-9-7-8-10-15(14)17/h7-10,13H,4-6,11-12H2,1-3H3. The average Bonchev–Trinajstić information content (AvgIpc) is 2.42. The lowest BCUT2D eigenvalue weighted by Gasteiger charge is -2.27. The Labute approximate surface area is 125 Å². The van der Waals surface area contributed by atoms with Crippen molar-refractivity contribution in [3.8, 4) is 0 Å². The Kier molecular flexibility index (Phi) is 7.32. The molecule has 0 heterocycles. The lowest BCUT2D eigenvalue weighted by atomic mass is 10.1. The largest absolute Gasteiger partial charge is 0.293 e. The number of carbonyl (C=O) groups excluding carboxylic acids is 1. The molecule has 106 valence electrons. The molecule has 0 aromatic heterocycles. The summed E-state index contributed by atoms with van der Waals surface area (Å²) < 4.78 is 0.889. The number of halogens is 1. The molecule has 2 nitrogen and oxygen atoms in total. The first-order chi connectivity index (χ1) is 9.10. The molecule has 1 unspecified atom stereocenters. The quantitative estimate of drug-likeness (QED) is 0.654. The molecule has 0 saturated heterocycles. The molecule has 0 saturated carbocycles. The predicted octanol–water partition coefficient (Wildman–Crippen LogP) is 4.53. The summed E-state index contributed by atoms with van der Waals surface area (Å²) in [6.45, 7) is 8.07. The van der Waals surface area contributed by atoms with E-state index < -0.39 is 0 Å². The van der Waals surface area contributed by atoms with Crippen LogP contribution in [0.4, 0.5) is 0 Å². The number of nitrogens with zero attached hydrogens (tertiary/aromatic N) is 1. The molecule has 0 radical (unpaired) electrons. The van der Waals surface area contributed by atoms with Gasteiger partial charge in [-0.3, -0.25) is 9.69 Å². The summed E-state index contributed by atoms with van der Waals surface area (Å²) in [6.07, 6.45) is 3.39. The topological polar surface area (TPSA) is 20.3 Å². The zero-order valence-corrected chi connectivity index (χ0v) is 13.7. The van der Waals surface area contributed by atoms with Crippen molar-refractivity contribution in [2.24, 2.45) is 0 Å². The molecule has 0 aliphatic rings. The van der Waals surface area contributed by atoms with Crippen LogP contribution in [-0.4, -0.2) is 29.8 Å². The average molecular weight is 326 g/mol. The van der Waals surface area contributed by atoms with Crippen molar-refractivity contribution in [2.75, 3.05) is 13.1 Å². The maximum atomic E-state index is 12.4. The molecule has 1 rings (SSSR count). The van der Waals surface area contributed by atoms with Gasteiger partial charge in [-0.15, -0.1) is 0 Å². The fourth-order valence-corrected chi connectivity index (χ4v) is 2.54. The number of ketones is 1. The van der Waals surface area contributed by atoms with E-state index in [1.807, 2.05) is 24.3 Å². The van der Waals surface area contributed by atoms with E-state index in [0.717, 1.165) is 35.8 Å². The minimum absolute atomic E-state index is 0.198. The summed E-state index contributed by atoms with van der Waals surface area (Å²) >= 11 is 3.45. The van der Waals surface area contributed by atoms with Crippen molar-refractivity contribution in [3.05, 3.63) is 34.3 Å². The van der Waals surface area contributed by atoms with E-state index in [0.29, 0.717) is 12.6 Å². The van der Waals surface area contributed by atoms with Gasteiger partial charge in [-0.05, 0) is 32.4 Å². The van der Waals surface area contributed by atoms with E-state index in [9.17, 15) is 4.79 Å². The number of hydrogen-bond donors (Lipinski definition) is 0. The van der Waals surface area contributed by atoms with Gasteiger partial charge in [-0.1, -0.05) is 54.4 Å². The van der Waals surface area contributed by atoms with Gasteiger partial charge in [0.15, 0.2) is 5.78 Å². The van der Waals surface area contributed by atoms with Crippen molar-refractivity contribution in [1.29, 1.82) is 0 Å². The lowest BCUT2D eigenvalue weighted by Crippen LogP contribution is -2.37. The third kappa shape index (κ3) is 5.07. The number of benzene rings is 1. The summed E-state index contributed by atoms with van der Waals surface area (Å²) in [5.41, 5.74) is 0.785. The van der Waals surface area contributed by atoms with Gasteiger partial charge in [-0.2, -0.15) is 0 Å². The molecule has 0 aliphatic heterocycles. The van der Waals surface area contributed by atoms with E-state index in [4.69, 9.17) is 0 Å². The van der Waals surface area contributed by atoms with E-state index in [1.54, 1.807) is 0 Å². The first-order valence-electron chi connectivity index (χ1n) is 7.11. The van der Waals surface area contributed by atoms with Crippen molar-refractivity contribution in [2.45, 2.75) is 46.1 Å². The van der Waals surface area contributed by atoms with E-state index >= 15 is 0 Å². The van der Waals surface area contributed by atoms with Crippen molar-refractivity contribution in [1.82, 2.24) is 4.90 Å². The summed E-state index contributed by atoms with van der Waals surface area (Å²) in [4.78, 5) is 14.7. The molecule has 1 atom stereocenters. The highest BCUT2D eigenvalue weighted by atomic mass is 79.9. The summed E-state index contributed by atoms with van der Waals surface area (Å²) in [6, 6.07) is 8.12. The third-order valence-corrected chi connectivity index (χ3v) is 4.23. The Morgan fingerprint density at radius 2 is 2.00 bits per heavy atom. The molecular formula is C16H24BrNO. The van der Waals surface area contributed by atoms with E-state index in [2.05, 4.69) is 41.6 Å². The molecule has 0 bridgehead atoms. The van der Waals surface area contributed by atoms with Crippen LogP contribution in [0, 0.1) is 0 Å². The number of hydrogen-bond acceptors (Lipinski definition) is 2. The number of Topliss-reactive ketones (excluding diaryl/α,β-unsaturated/α-hetero) is 1. The second-order valence-electron chi connectivity index (χ2n) is 4.98. The van der Waals surface area contributed by atoms with Gasteiger partial charge >= 0.3 is 0 Å². The second-order valence-corrected chi connectivity index (χ2v) is 5.84. The lowest BCUT2D eigenvalue weighted by molar-refractivity contribution is 0.0893. The van der Waals surface area contributed by atoms with Gasteiger partial charge in [0.05, 0.1) is 6.54 Å². The monoisotopic (exact) mass is 325 g/mol. The maximum absolute atomic E-state index is 12.4. The maximum Gasteiger partial charge on any atom is 0.177 e. The van der Waals surface area contributed by atoms with Crippen LogP contribution in [0.3, 0.4) is 0 Å². The first-order valence-corrected chi connectivity index (χ1v) is 7.91. The van der Waals surface area contributed by atoms with Crippen molar-refractivity contribution in [3.63, 3.8) is 0 Å². The highest BCUT2D eigenvalue weighted by Crippen LogP contribution is 2.17. The Hall–Kier alpha value is -0.670. The zero-order valence-electron chi connectivity index (χ0n) is 12.2. The Balaban J connectivity index is 2.73. The number of unbranched alkanes of at least 4 members (excludes halogenated alkanes) is 1. The molecule has 3 heteroatoms. The molecule has 1 aromatic rings. The molecule has 19 heavy (non-hydrogen) atoms. The Morgan fingerprint density at radius 1 is 1.32 bits per heavy atom. The van der Waals surface area contributed by atoms with Crippen LogP contribution < -0.4 is 0 Å². The van der Waals surface area contributed by atoms with Gasteiger partial charge in [-0.25, -0.2) is 0 Å². The zero-order chi connectivity index (χ0) is 14.3. The van der Waals surface area contributed by atoms with Gasteiger partial charge in [0.1, 0.15) is 0 Å². The highest BCUT2D eigenvalue weighted by molar-refractivity contribution is 9.10. The van der Waals surface area contributed by atoms with Crippen LogP contribution in [0.25, 0.3) is 0 Å². The molecule has 0 N–H and O–H groups in total. The fraction of sp³-hybridized carbons (Fsp3) is 0.562. The molecule has 0 spiro atoms. The van der Waals surface area contributed by atoms with Crippen LogP contribution in [0.2, 0.25) is 0 Å². The number of carbonyl (C=O) groups is 1. The van der Waals surface area contributed by atoms with Gasteiger partial charge in [0.2, 0.25) is 0 Å². The van der Waals surface area contributed by atoms with Gasteiger partial charge < -0.3 is 0 Å². The third-order valence-electron chi connectivity index (χ3n) is 3.53. The van der Waals surface area contributed by atoms with Crippen LogP contribution in [0.5, 0.6) is 0 Å². The molecule has 1 aromatic carbocycles. The molecule has 0 amide bonds. The summed E-state index contributed by atoms with van der Waals surface area (Å²) in [5, 5.41) is 0. The van der Waals surface area contributed by atoms with Crippen LogP contribution >= 0.6 is 15.9 Å². The first kappa shape index (κ1) is 16.4. The Bertz CT molecular complexity index is 405. The summed E-state index contributed by atoms with van der Waals surface area (Å²) in [7, 11) is 0. The molecule has 0 aliphatic carbocycles. The van der Waals surface area contributed by atoms with Crippen LogP contribution in [0.1, 0.15) is 50.4 Å². The second kappa shape index (κ2) is 8.49. The minimum atomic E-state index is 0.198. The summed E-state index contributed by atoms with van der Waals surface area (Å²) in [5.74, 6) is 0.198. The van der Waals surface area contributed by atoms with E-state index in [-0.39, 0.29) is 5.78 Å². The SMILES string of the molecule is CCCCN(CC(=O)c1ccccc1Br)C(C)CC. The highest BCUT2D eigenvalue weighted by Gasteiger charge is 2.17. The van der Waals surface area contributed by atoms with Gasteiger partial charge in [0, 0.05) is 16.1 Å². The smallest absolute Gasteiger partial charge is 0.177 e. The Morgan fingerprint density at radius 3 is 2.58 bits per heavy atom. The molecular weight excluding hydrogens is 302 g/mol. The number of rotatable bonds is 8. The van der Waals surface area contributed by atoms with Crippen LogP contribution in [-0.2, 0) is 0 Å².